The molecule has 1 aromatic rings. The Balaban J connectivity index is 2.51. The molecule has 0 heterocycles. The van der Waals surface area contributed by atoms with Crippen molar-refractivity contribution >= 4 is 5.91 Å². The maximum absolute atomic E-state index is 13.2. The molecule has 0 bridgehead atoms. The molecular formula is C12H16FNO3. The number of halogens is 1. The molecule has 0 radical (unpaired) electrons. The van der Waals surface area contributed by atoms with Gasteiger partial charge in [-0.05, 0) is 26.0 Å². The van der Waals surface area contributed by atoms with Gasteiger partial charge in [0.15, 0.2) is 17.7 Å². The summed E-state index contributed by atoms with van der Waals surface area (Å²) in [5.41, 5.74) is 0. The Kier molecular flexibility index (Phi) is 4.90. The van der Waals surface area contributed by atoms with Gasteiger partial charge in [0.25, 0.3) is 5.91 Å². The summed E-state index contributed by atoms with van der Waals surface area (Å²) >= 11 is 0. The minimum atomic E-state index is -0.814. The van der Waals surface area contributed by atoms with E-state index in [-0.39, 0.29) is 12.3 Å². The maximum Gasteiger partial charge on any atom is 0.260 e. The van der Waals surface area contributed by atoms with E-state index in [0.29, 0.717) is 0 Å². The molecule has 0 aliphatic heterocycles. The topological polar surface area (TPSA) is 58.6 Å². The van der Waals surface area contributed by atoms with E-state index in [1.165, 1.54) is 19.1 Å². The second kappa shape index (κ2) is 6.20. The number of nitrogens with one attached hydrogen (secondary N) is 1. The average molecular weight is 241 g/mol. The van der Waals surface area contributed by atoms with Crippen molar-refractivity contribution in [3.63, 3.8) is 0 Å². The Bertz CT molecular complexity index is 382. The first kappa shape index (κ1) is 13.4. The van der Waals surface area contributed by atoms with E-state index < -0.39 is 23.9 Å². The third kappa shape index (κ3) is 4.40. The van der Waals surface area contributed by atoms with Crippen molar-refractivity contribution in [3.05, 3.63) is 30.1 Å². The van der Waals surface area contributed by atoms with Crippen LogP contribution in [0.15, 0.2) is 24.3 Å². The lowest BCUT2D eigenvalue weighted by Gasteiger charge is -2.15. The molecule has 1 aromatic carbocycles. The van der Waals surface area contributed by atoms with Crippen molar-refractivity contribution < 1.29 is 19.0 Å². The molecule has 1 rings (SSSR count). The molecule has 1 unspecified atom stereocenters. The minimum Gasteiger partial charge on any atom is -0.478 e. The Morgan fingerprint density at radius 1 is 1.47 bits per heavy atom. The van der Waals surface area contributed by atoms with E-state index in [9.17, 15) is 9.18 Å². The van der Waals surface area contributed by atoms with Crippen LogP contribution in [-0.4, -0.2) is 29.8 Å². The Morgan fingerprint density at radius 2 is 2.12 bits per heavy atom. The van der Waals surface area contributed by atoms with Gasteiger partial charge in [0.05, 0.1) is 6.10 Å². The molecular weight excluding hydrogens is 225 g/mol. The number of amides is 1. The van der Waals surface area contributed by atoms with Gasteiger partial charge in [0, 0.05) is 6.54 Å². The summed E-state index contributed by atoms with van der Waals surface area (Å²) in [6.45, 7) is 3.22. The summed E-state index contributed by atoms with van der Waals surface area (Å²) in [7, 11) is 0. The van der Waals surface area contributed by atoms with Gasteiger partial charge < -0.3 is 15.2 Å². The highest BCUT2D eigenvalue weighted by Gasteiger charge is 2.16. The number of carbonyl (C=O) groups excluding carboxylic acids is 1. The van der Waals surface area contributed by atoms with Crippen molar-refractivity contribution in [3.8, 4) is 5.75 Å². The number of para-hydroxylation sites is 1. The second-order valence-corrected chi connectivity index (χ2v) is 3.78. The first-order valence-corrected chi connectivity index (χ1v) is 5.37. The van der Waals surface area contributed by atoms with Gasteiger partial charge in [-0.15, -0.1) is 0 Å². The molecule has 0 aliphatic carbocycles. The number of carbonyl (C=O) groups is 1. The predicted molar refractivity (Wildman–Crippen MR) is 61.2 cm³/mol. The van der Waals surface area contributed by atoms with Gasteiger partial charge in [-0.2, -0.15) is 0 Å². The molecule has 0 aliphatic rings. The predicted octanol–water partition coefficient (Wildman–Crippen LogP) is 1.09. The van der Waals surface area contributed by atoms with E-state index in [1.807, 2.05) is 0 Å². The maximum atomic E-state index is 13.2. The van der Waals surface area contributed by atoms with E-state index >= 15 is 0 Å². The smallest absolute Gasteiger partial charge is 0.260 e. The van der Waals surface area contributed by atoms with Crippen LogP contribution in [0, 0.1) is 5.82 Å². The lowest BCUT2D eigenvalue weighted by molar-refractivity contribution is -0.127. The number of ether oxygens (including phenoxy) is 1. The summed E-state index contributed by atoms with van der Waals surface area (Å²) in [4.78, 5) is 11.5. The van der Waals surface area contributed by atoms with E-state index in [0.717, 1.165) is 0 Å². The summed E-state index contributed by atoms with van der Waals surface area (Å²) in [5, 5.41) is 11.5. The third-order valence-electron chi connectivity index (χ3n) is 2.08. The lowest BCUT2D eigenvalue weighted by Crippen LogP contribution is -2.39. The molecule has 5 heteroatoms. The highest BCUT2D eigenvalue weighted by atomic mass is 19.1. The summed E-state index contributed by atoms with van der Waals surface area (Å²) in [5.74, 6) is -0.871. The number of benzene rings is 1. The largest absolute Gasteiger partial charge is 0.478 e. The SMILES string of the molecule is CC(Oc1ccccc1F)C(=O)NC[C@@H](C)O. The van der Waals surface area contributed by atoms with E-state index in [2.05, 4.69) is 5.32 Å². The monoisotopic (exact) mass is 241 g/mol. The number of hydrogen-bond donors (Lipinski definition) is 2. The van der Waals surface area contributed by atoms with Crippen LogP contribution in [0.1, 0.15) is 13.8 Å². The summed E-state index contributed by atoms with van der Waals surface area (Å²) in [6, 6.07) is 5.88. The molecule has 0 saturated heterocycles. The zero-order valence-electron chi connectivity index (χ0n) is 9.81. The molecule has 0 fully saturated rings. The standard InChI is InChI=1S/C12H16FNO3/c1-8(15)7-14-12(16)9(2)17-11-6-4-3-5-10(11)13/h3-6,8-9,15H,7H2,1-2H3,(H,14,16)/t8-,9?/m1/s1. The quantitative estimate of drug-likeness (QED) is 0.811. The highest BCUT2D eigenvalue weighted by molar-refractivity contribution is 5.80. The zero-order valence-corrected chi connectivity index (χ0v) is 9.81. The molecule has 1 amide bonds. The van der Waals surface area contributed by atoms with Crippen molar-refractivity contribution in [2.45, 2.75) is 26.1 Å². The van der Waals surface area contributed by atoms with Crippen LogP contribution < -0.4 is 10.1 Å². The number of aliphatic hydroxyl groups excluding tert-OH is 1. The fourth-order valence-corrected chi connectivity index (χ4v) is 1.18. The normalized spacial score (nSPS) is 13.9. The first-order chi connectivity index (χ1) is 8.00. The van der Waals surface area contributed by atoms with Crippen LogP contribution in [0.2, 0.25) is 0 Å². The number of aliphatic hydroxyl groups is 1. The van der Waals surface area contributed by atoms with Gasteiger partial charge in [-0.1, -0.05) is 12.1 Å². The fourth-order valence-electron chi connectivity index (χ4n) is 1.18. The molecule has 17 heavy (non-hydrogen) atoms. The number of hydrogen-bond acceptors (Lipinski definition) is 3. The van der Waals surface area contributed by atoms with Crippen molar-refractivity contribution in [1.82, 2.24) is 5.32 Å². The minimum absolute atomic E-state index is 0.0344. The van der Waals surface area contributed by atoms with Crippen LogP contribution in [-0.2, 0) is 4.79 Å². The summed E-state index contributed by atoms with van der Waals surface area (Å²) in [6.07, 6.45) is -1.44. The Hall–Kier alpha value is -1.62. The Morgan fingerprint density at radius 3 is 2.71 bits per heavy atom. The molecule has 0 aromatic heterocycles. The summed E-state index contributed by atoms with van der Waals surface area (Å²) < 4.78 is 18.4. The van der Waals surface area contributed by atoms with Crippen LogP contribution in [0.3, 0.4) is 0 Å². The zero-order chi connectivity index (χ0) is 12.8. The average Bonchev–Trinajstić information content (AvgIpc) is 2.28. The van der Waals surface area contributed by atoms with Crippen LogP contribution >= 0.6 is 0 Å². The van der Waals surface area contributed by atoms with Gasteiger partial charge in [0.2, 0.25) is 0 Å². The van der Waals surface area contributed by atoms with Gasteiger partial charge in [-0.3, -0.25) is 4.79 Å². The van der Waals surface area contributed by atoms with Crippen LogP contribution in [0.4, 0.5) is 4.39 Å². The molecule has 0 saturated carbocycles. The van der Waals surface area contributed by atoms with E-state index in [1.54, 1.807) is 19.1 Å². The molecule has 2 N–H and O–H groups in total. The van der Waals surface area contributed by atoms with Gasteiger partial charge in [0.1, 0.15) is 0 Å². The molecule has 94 valence electrons. The first-order valence-electron chi connectivity index (χ1n) is 5.37. The van der Waals surface area contributed by atoms with Crippen LogP contribution in [0.25, 0.3) is 0 Å². The van der Waals surface area contributed by atoms with Crippen molar-refractivity contribution in [2.75, 3.05) is 6.54 Å². The lowest BCUT2D eigenvalue weighted by atomic mass is 10.3. The molecule has 4 nitrogen and oxygen atoms in total. The second-order valence-electron chi connectivity index (χ2n) is 3.78. The Labute approximate surface area is 99.4 Å². The van der Waals surface area contributed by atoms with Gasteiger partial charge >= 0.3 is 0 Å². The fraction of sp³-hybridized carbons (Fsp3) is 0.417. The third-order valence-corrected chi connectivity index (χ3v) is 2.08. The number of rotatable bonds is 5. The highest BCUT2D eigenvalue weighted by Crippen LogP contribution is 2.16. The van der Waals surface area contributed by atoms with Crippen molar-refractivity contribution in [2.24, 2.45) is 0 Å². The van der Waals surface area contributed by atoms with Crippen LogP contribution in [0.5, 0.6) is 5.75 Å². The molecule has 0 spiro atoms. The van der Waals surface area contributed by atoms with E-state index in [4.69, 9.17) is 9.84 Å². The van der Waals surface area contributed by atoms with Gasteiger partial charge in [-0.25, -0.2) is 4.39 Å². The molecule has 2 atom stereocenters. The van der Waals surface area contributed by atoms with Crippen molar-refractivity contribution in [1.29, 1.82) is 0 Å².